The number of nitrogens with zero attached hydrogens (tertiary/aromatic N) is 3. The Balaban J connectivity index is 1.48. The molecule has 0 spiro atoms. The number of nitrogens with one attached hydrogen (secondary N) is 4. The quantitative estimate of drug-likeness (QED) is 0.254. The van der Waals surface area contributed by atoms with Gasteiger partial charge in [0.15, 0.2) is 0 Å². The highest BCUT2D eigenvalue weighted by atomic mass is 35.5. The molecular formula is C32H44ClN7O6. The van der Waals surface area contributed by atoms with E-state index in [0.29, 0.717) is 11.8 Å². The van der Waals surface area contributed by atoms with Crippen LogP contribution in [0.1, 0.15) is 83.1 Å². The zero-order chi connectivity index (χ0) is 33.8. The van der Waals surface area contributed by atoms with Crippen LogP contribution in [0.5, 0.6) is 0 Å². The number of Topliss-reactive ketones (excluding diaryl/α,β-unsaturated/α-hetero) is 1. The minimum Gasteiger partial charge on any atom is -0.350 e. The first-order valence-corrected chi connectivity index (χ1v) is 16.1. The van der Waals surface area contributed by atoms with Crippen molar-refractivity contribution < 1.29 is 24.0 Å². The average molecular weight is 658 g/mol. The van der Waals surface area contributed by atoms with Crippen LogP contribution < -0.4 is 26.8 Å². The predicted octanol–water partition coefficient (Wildman–Crippen LogP) is 2.57. The van der Waals surface area contributed by atoms with E-state index in [1.54, 1.807) is 6.92 Å². The van der Waals surface area contributed by atoms with Crippen molar-refractivity contribution in [2.45, 2.75) is 90.8 Å². The number of fused-ring (bicyclic) bond motifs is 2. The third kappa shape index (κ3) is 8.42. The summed E-state index contributed by atoms with van der Waals surface area (Å²) in [5.74, 6) is -2.27. The van der Waals surface area contributed by atoms with E-state index in [1.165, 1.54) is 40.7 Å². The summed E-state index contributed by atoms with van der Waals surface area (Å²) < 4.78 is 2.54. The smallest absolute Gasteiger partial charge is 0.287 e. The number of pyridine rings is 1. The lowest BCUT2D eigenvalue weighted by Crippen LogP contribution is -2.58. The maximum atomic E-state index is 13.4. The third-order valence-electron chi connectivity index (χ3n) is 8.85. The highest BCUT2D eigenvalue weighted by Gasteiger charge is 2.48. The molecule has 4 rings (SSSR count). The molecule has 2 fully saturated rings. The van der Waals surface area contributed by atoms with Crippen LogP contribution in [0.25, 0.3) is 0 Å². The summed E-state index contributed by atoms with van der Waals surface area (Å²) in [5, 5.41) is 10.8. The van der Waals surface area contributed by atoms with Crippen molar-refractivity contribution in [1.29, 1.82) is 0 Å². The number of carbonyl (C=O) groups excluding carboxylic acids is 5. The van der Waals surface area contributed by atoms with Crippen LogP contribution in [0.3, 0.4) is 0 Å². The van der Waals surface area contributed by atoms with E-state index in [-0.39, 0.29) is 59.5 Å². The lowest BCUT2D eigenvalue weighted by molar-refractivity contribution is -0.138. The summed E-state index contributed by atoms with van der Waals surface area (Å²) in [4.78, 5) is 81.3. The van der Waals surface area contributed by atoms with Crippen molar-refractivity contribution in [3.05, 3.63) is 45.9 Å². The molecule has 2 aliphatic carbocycles. The van der Waals surface area contributed by atoms with E-state index in [1.807, 2.05) is 0 Å². The lowest BCUT2D eigenvalue weighted by Gasteiger charge is -2.53. The Kier molecular flexibility index (Phi) is 10.8. The molecule has 2 bridgehead atoms. The van der Waals surface area contributed by atoms with Crippen molar-refractivity contribution in [2.24, 2.45) is 24.3 Å². The van der Waals surface area contributed by atoms with Crippen LogP contribution >= 0.6 is 11.6 Å². The number of halogens is 1. The highest BCUT2D eigenvalue weighted by Crippen LogP contribution is 2.52. The summed E-state index contributed by atoms with van der Waals surface area (Å²) in [6.45, 7) is 8.39. The zero-order valence-electron chi connectivity index (χ0n) is 27.1. The summed E-state index contributed by atoms with van der Waals surface area (Å²) in [6, 6.07) is 1.63. The molecule has 2 aromatic rings. The van der Waals surface area contributed by atoms with Gasteiger partial charge >= 0.3 is 0 Å². The molecule has 0 radical (unpaired) electrons. The van der Waals surface area contributed by atoms with Gasteiger partial charge in [-0.05, 0) is 86.4 Å². The molecule has 4 atom stereocenters. The van der Waals surface area contributed by atoms with Gasteiger partial charge in [-0.3, -0.25) is 28.8 Å². The SMILES string of the molecule is CCNC(=O)C(=O)CCC(NC(=O)c1cnc(Cl)n1C)C(=O)Nc1cccn(CC(=O)NC23CC(C)CC(CC(C)(C)C2)C3)c1=O. The summed E-state index contributed by atoms with van der Waals surface area (Å²) in [7, 11) is 1.52. The Morgan fingerprint density at radius 3 is 2.57 bits per heavy atom. The van der Waals surface area contributed by atoms with Gasteiger partial charge in [-0.2, -0.15) is 0 Å². The number of likely N-dealkylation sites (N-methyl/N-ethyl adjacent to an activating group) is 1. The molecular weight excluding hydrogens is 614 g/mol. The van der Waals surface area contributed by atoms with E-state index >= 15 is 0 Å². The average Bonchev–Trinajstić information content (AvgIpc) is 3.28. The van der Waals surface area contributed by atoms with Crippen LogP contribution in [0, 0.1) is 17.3 Å². The van der Waals surface area contributed by atoms with E-state index in [0.717, 1.165) is 32.1 Å². The minimum absolute atomic E-state index is 0.0519. The molecule has 4 unspecified atom stereocenters. The van der Waals surface area contributed by atoms with Crippen LogP contribution in [0.15, 0.2) is 29.3 Å². The third-order valence-corrected chi connectivity index (χ3v) is 9.20. The van der Waals surface area contributed by atoms with Crippen molar-refractivity contribution in [3.63, 3.8) is 0 Å². The topological polar surface area (TPSA) is 173 Å². The first-order chi connectivity index (χ1) is 21.6. The molecule has 2 saturated carbocycles. The fourth-order valence-corrected chi connectivity index (χ4v) is 7.61. The standard InChI is InChI=1S/C32H44ClN7O6/c1-6-34-28(45)24(41)10-9-21(36-27(44)23-16-35-30(33)39(23)5)26(43)37-22-8-7-11-40(29(22)46)17-25(42)38-32-13-19(2)12-20(15-32)14-31(3,4)18-32/h7-8,11,16,19-21H,6,9-10,12-15,17-18H2,1-5H3,(H,34,45)(H,36,44)(H,37,43)(H,38,42). The molecule has 4 amide bonds. The molecule has 2 aliphatic rings. The zero-order valence-corrected chi connectivity index (χ0v) is 27.8. The van der Waals surface area contributed by atoms with E-state index in [2.05, 4.69) is 47.0 Å². The molecule has 0 saturated heterocycles. The van der Waals surface area contributed by atoms with Gasteiger partial charge in [-0.15, -0.1) is 0 Å². The molecule has 2 heterocycles. The number of carbonyl (C=O) groups is 5. The van der Waals surface area contributed by atoms with E-state index in [4.69, 9.17) is 11.6 Å². The number of aromatic nitrogens is 3. The predicted molar refractivity (Wildman–Crippen MR) is 172 cm³/mol. The molecule has 0 aliphatic heterocycles. The Bertz CT molecular complexity index is 1560. The second-order valence-corrected chi connectivity index (χ2v) is 14.0. The van der Waals surface area contributed by atoms with Gasteiger partial charge in [0.05, 0.1) is 6.20 Å². The van der Waals surface area contributed by atoms with Gasteiger partial charge in [0.2, 0.25) is 22.9 Å². The first-order valence-electron chi connectivity index (χ1n) is 15.7. The van der Waals surface area contributed by atoms with Crippen molar-refractivity contribution >= 4 is 46.7 Å². The Labute approximate surface area is 273 Å². The van der Waals surface area contributed by atoms with Crippen LogP contribution in [0.4, 0.5) is 5.69 Å². The molecule has 250 valence electrons. The first kappa shape index (κ1) is 34.9. The number of rotatable bonds is 12. The Hall–Kier alpha value is -4.00. The van der Waals surface area contributed by atoms with Gasteiger partial charge in [-0.25, -0.2) is 4.98 Å². The van der Waals surface area contributed by atoms with Crippen molar-refractivity contribution in [2.75, 3.05) is 11.9 Å². The maximum absolute atomic E-state index is 13.4. The Morgan fingerprint density at radius 2 is 1.89 bits per heavy atom. The van der Waals surface area contributed by atoms with E-state index in [9.17, 15) is 28.8 Å². The number of ketones is 1. The Morgan fingerprint density at radius 1 is 1.15 bits per heavy atom. The normalized spacial score (nSPS) is 22.3. The molecule has 13 nitrogen and oxygen atoms in total. The second kappa shape index (κ2) is 14.2. The molecule has 14 heteroatoms. The van der Waals surface area contributed by atoms with Gasteiger partial charge < -0.3 is 30.4 Å². The summed E-state index contributed by atoms with van der Waals surface area (Å²) in [5.41, 5.74) is -0.862. The van der Waals surface area contributed by atoms with Crippen LogP contribution in [-0.4, -0.2) is 61.7 Å². The largest absolute Gasteiger partial charge is 0.350 e. The van der Waals surface area contributed by atoms with Gasteiger partial charge in [0, 0.05) is 31.7 Å². The molecule has 46 heavy (non-hydrogen) atoms. The van der Waals surface area contributed by atoms with E-state index < -0.39 is 35.1 Å². The van der Waals surface area contributed by atoms with Gasteiger partial charge in [0.1, 0.15) is 24.0 Å². The van der Waals surface area contributed by atoms with Gasteiger partial charge in [-0.1, -0.05) is 20.8 Å². The summed E-state index contributed by atoms with van der Waals surface area (Å²) >= 11 is 5.95. The number of amides is 4. The molecule has 2 aromatic heterocycles. The number of imidazole rings is 1. The number of anilines is 1. The molecule has 0 aromatic carbocycles. The fourth-order valence-electron chi connectivity index (χ4n) is 7.47. The number of hydrogen-bond donors (Lipinski definition) is 4. The van der Waals surface area contributed by atoms with Crippen LogP contribution in [0.2, 0.25) is 5.28 Å². The fraction of sp³-hybridized carbons (Fsp3) is 0.594. The van der Waals surface area contributed by atoms with Gasteiger partial charge in [0.25, 0.3) is 17.4 Å². The highest BCUT2D eigenvalue weighted by molar-refractivity contribution is 6.36. The summed E-state index contributed by atoms with van der Waals surface area (Å²) in [6.07, 6.45) is 7.13. The lowest BCUT2D eigenvalue weighted by atomic mass is 9.56. The molecule has 4 N–H and O–H groups in total. The minimum atomic E-state index is -1.30. The maximum Gasteiger partial charge on any atom is 0.287 e. The number of hydrogen-bond acceptors (Lipinski definition) is 7. The monoisotopic (exact) mass is 657 g/mol. The van der Waals surface area contributed by atoms with Crippen molar-refractivity contribution in [1.82, 2.24) is 30.1 Å². The van der Waals surface area contributed by atoms with Crippen molar-refractivity contribution in [3.8, 4) is 0 Å². The van der Waals surface area contributed by atoms with Crippen LogP contribution in [-0.2, 0) is 32.8 Å². The second-order valence-electron chi connectivity index (χ2n) is 13.7.